The third-order valence-corrected chi connectivity index (χ3v) is 6.55. The molecule has 0 aliphatic rings. The second-order valence-corrected chi connectivity index (χ2v) is 9.34. The molecule has 202 valence electrons. The molecule has 0 fully saturated rings. The zero-order valence-electron chi connectivity index (χ0n) is 20.5. The van der Waals surface area contributed by atoms with Gasteiger partial charge in [-0.3, -0.25) is 4.79 Å². The van der Waals surface area contributed by atoms with Crippen LogP contribution in [0.25, 0.3) is 0 Å². The van der Waals surface area contributed by atoms with Crippen LogP contribution in [0, 0.1) is 0 Å². The maximum atomic E-state index is 12.6. The van der Waals surface area contributed by atoms with Crippen molar-refractivity contribution in [2.24, 2.45) is 0 Å². The fraction of sp³-hybridized carbons (Fsp3) is 0.214. The summed E-state index contributed by atoms with van der Waals surface area (Å²) in [5.41, 5.74) is 3.76. The molecule has 38 heavy (non-hydrogen) atoms. The van der Waals surface area contributed by atoms with Gasteiger partial charge in [0.1, 0.15) is 5.82 Å². The molecule has 4 aromatic rings. The Morgan fingerprint density at radius 1 is 0.947 bits per heavy atom. The number of aliphatic hydroxyl groups is 1. The van der Waals surface area contributed by atoms with Gasteiger partial charge in [-0.15, -0.1) is 24.8 Å². The van der Waals surface area contributed by atoms with E-state index in [9.17, 15) is 9.90 Å². The highest BCUT2D eigenvalue weighted by molar-refractivity contribution is 6.42. The molecule has 0 saturated carbocycles. The topological polar surface area (TPSA) is 79.2 Å². The quantitative estimate of drug-likeness (QED) is 0.182. The number of nitrogens with one attached hydrogen (secondary N) is 2. The molecule has 0 bridgehead atoms. The summed E-state index contributed by atoms with van der Waals surface area (Å²) in [7, 11) is 0. The molecule has 0 saturated heterocycles. The van der Waals surface area contributed by atoms with Gasteiger partial charge in [0.05, 0.1) is 22.6 Å². The number of carbonyl (C=O) groups excluding carboxylic acids is 1. The van der Waals surface area contributed by atoms with Crippen LogP contribution in [-0.4, -0.2) is 33.7 Å². The van der Waals surface area contributed by atoms with Crippen LogP contribution in [0.4, 0.5) is 5.69 Å². The summed E-state index contributed by atoms with van der Waals surface area (Å²) in [6.45, 7) is 1.79. The van der Waals surface area contributed by atoms with Gasteiger partial charge in [-0.25, -0.2) is 4.98 Å². The Morgan fingerprint density at radius 2 is 1.66 bits per heavy atom. The van der Waals surface area contributed by atoms with Gasteiger partial charge in [-0.1, -0.05) is 71.7 Å². The number of anilines is 1. The Hall–Kier alpha value is -2.58. The molecule has 1 heterocycles. The molecular weight excluding hydrogens is 566 g/mol. The highest BCUT2D eigenvalue weighted by atomic mass is 35.5. The fourth-order valence-corrected chi connectivity index (χ4v) is 4.17. The molecule has 1 aromatic heterocycles. The van der Waals surface area contributed by atoms with Gasteiger partial charge in [0.25, 0.3) is 0 Å². The summed E-state index contributed by atoms with van der Waals surface area (Å²) in [4.78, 5) is 17.0. The summed E-state index contributed by atoms with van der Waals surface area (Å²) < 4.78 is 1.92. The van der Waals surface area contributed by atoms with E-state index in [2.05, 4.69) is 15.6 Å². The smallest absolute Gasteiger partial charge is 0.231 e. The number of benzene rings is 3. The molecule has 1 unspecified atom stereocenters. The Kier molecular flexibility index (Phi) is 13.1. The van der Waals surface area contributed by atoms with E-state index in [0.29, 0.717) is 29.0 Å². The molecule has 6 nitrogen and oxygen atoms in total. The van der Waals surface area contributed by atoms with E-state index in [1.807, 2.05) is 77.5 Å². The summed E-state index contributed by atoms with van der Waals surface area (Å²) in [6, 6.07) is 22.9. The van der Waals surface area contributed by atoms with Crippen LogP contribution in [0.1, 0.15) is 28.6 Å². The molecule has 1 atom stereocenters. The van der Waals surface area contributed by atoms with Crippen molar-refractivity contribution in [1.82, 2.24) is 14.9 Å². The van der Waals surface area contributed by atoms with Crippen molar-refractivity contribution in [3.05, 3.63) is 118 Å². The molecule has 0 radical (unpaired) electrons. The first-order valence-electron chi connectivity index (χ1n) is 11.7. The SMILES string of the molecule is Cl.Cl.O=C(Cc1nccn1Cc1ccc(Cl)c(Cl)c1)Nc1ccc(CCNCC(O)c2ccccc2)cc1. The van der Waals surface area contributed by atoms with Crippen molar-refractivity contribution in [2.75, 3.05) is 18.4 Å². The average molecular weight is 596 g/mol. The van der Waals surface area contributed by atoms with E-state index >= 15 is 0 Å². The Morgan fingerprint density at radius 3 is 2.37 bits per heavy atom. The molecule has 4 rings (SSSR count). The van der Waals surface area contributed by atoms with Crippen molar-refractivity contribution in [1.29, 1.82) is 0 Å². The van der Waals surface area contributed by atoms with Crippen molar-refractivity contribution in [2.45, 2.75) is 25.5 Å². The van der Waals surface area contributed by atoms with Gasteiger partial charge < -0.3 is 20.3 Å². The van der Waals surface area contributed by atoms with Crippen molar-refractivity contribution < 1.29 is 9.90 Å². The Bertz CT molecular complexity index is 1280. The number of hydrogen-bond donors (Lipinski definition) is 3. The van der Waals surface area contributed by atoms with Crippen molar-refractivity contribution in [3.8, 4) is 0 Å². The molecule has 1 amide bonds. The minimum atomic E-state index is -0.525. The van der Waals surface area contributed by atoms with E-state index in [-0.39, 0.29) is 37.1 Å². The molecule has 0 aliphatic carbocycles. The maximum Gasteiger partial charge on any atom is 0.231 e. The fourth-order valence-electron chi connectivity index (χ4n) is 3.85. The second-order valence-electron chi connectivity index (χ2n) is 8.52. The minimum Gasteiger partial charge on any atom is -0.387 e. The van der Waals surface area contributed by atoms with Crippen LogP contribution in [0.3, 0.4) is 0 Å². The number of aliphatic hydroxyl groups excluding tert-OH is 1. The van der Waals surface area contributed by atoms with Gasteiger partial charge in [0.2, 0.25) is 5.91 Å². The number of imidazole rings is 1. The third kappa shape index (κ3) is 9.31. The number of hydrogen-bond acceptors (Lipinski definition) is 4. The van der Waals surface area contributed by atoms with Crippen LogP contribution < -0.4 is 10.6 Å². The lowest BCUT2D eigenvalue weighted by Crippen LogP contribution is -2.23. The van der Waals surface area contributed by atoms with E-state index in [1.54, 1.807) is 12.3 Å². The van der Waals surface area contributed by atoms with Gasteiger partial charge in [-0.05, 0) is 53.9 Å². The first-order valence-corrected chi connectivity index (χ1v) is 12.5. The first-order chi connectivity index (χ1) is 17.5. The van der Waals surface area contributed by atoms with Crippen molar-refractivity contribution >= 4 is 59.6 Å². The number of halogens is 4. The standard InChI is InChI=1S/C28H28Cl2N4O2.2ClH/c29-24-11-8-21(16-25(24)30)19-34-15-14-32-27(34)17-28(36)33-23-9-6-20(7-10-23)12-13-31-18-26(35)22-4-2-1-3-5-22;;/h1-11,14-16,26,31,35H,12-13,17-19H2,(H,33,36);2*1H. The lowest BCUT2D eigenvalue weighted by molar-refractivity contribution is -0.115. The lowest BCUT2D eigenvalue weighted by Gasteiger charge is -2.12. The predicted octanol–water partition coefficient (Wildman–Crippen LogP) is 6.13. The number of nitrogens with zero attached hydrogens (tertiary/aromatic N) is 2. The molecular formula is C28H30Cl4N4O2. The number of rotatable bonds is 11. The zero-order chi connectivity index (χ0) is 25.3. The van der Waals surface area contributed by atoms with Gasteiger partial charge in [0, 0.05) is 31.2 Å². The first kappa shape index (κ1) is 31.6. The number of aromatic nitrogens is 2. The Labute approximate surface area is 245 Å². The average Bonchev–Trinajstić information content (AvgIpc) is 3.31. The van der Waals surface area contributed by atoms with Crippen molar-refractivity contribution in [3.63, 3.8) is 0 Å². The molecule has 3 aromatic carbocycles. The molecule has 0 aliphatic heterocycles. The van der Waals surface area contributed by atoms with Crippen LogP contribution >= 0.6 is 48.0 Å². The highest BCUT2D eigenvalue weighted by Crippen LogP contribution is 2.23. The van der Waals surface area contributed by atoms with Crippen LogP contribution in [-0.2, 0) is 24.2 Å². The van der Waals surface area contributed by atoms with Gasteiger partial charge in [-0.2, -0.15) is 0 Å². The van der Waals surface area contributed by atoms with Gasteiger partial charge in [0.15, 0.2) is 0 Å². The molecule has 3 N–H and O–H groups in total. The molecule has 10 heteroatoms. The van der Waals surface area contributed by atoms with Crippen LogP contribution in [0.15, 0.2) is 85.2 Å². The minimum absolute atomic E-state index is 0. The summed E-state index contributed by atoms with van der Waals surface area (Å²) in [6.07, 6.45) is 3.98. The van der Waals surface area contributed by atoms with Crippen LogP contribution in [0.2, 0.25) is 10.0 Å². The molecule has 0 spiro atoms. The number of amides is 1. The largest absolute Gasteiger partial charge is 0.387 e. The zero-order valence-corrected chi connectivity index (χ0v) is 23.7. The maximum absolute atomic E-state index is 12.6. The predicted molar refractivity (Wildman–Crippen MR) is 159 cm³/mol. The summed E-state index contributed by atoms with van der Waals surface area (Å²) >= 11 is 12.1. The highest BCUT2D eigenvalue weighted by Gasteiger charge is 2.11. The summed E-state index contributed by atoms with van der Waals surface area (Å²) in [5, 5.41) is 17.5. The summed E-state index contributed by atoms with van der Waals surface area (Å²) in [5.74, 6) is 0.528. The monoisotopic (exact) mass is 594 g/mol. The van der Waals surface area contributed by atoms with E-state index in [4.69, 9.17) is 23.2 Å². The third-order valence-electron chi connectivity index (χ3n) is 5.81. The van der Waals surface area contributed by atoms with E-state index in [1.165, 1.54) is 0 Å². The van der Waals surface area contributed by atoms with Gasteiger partial charge >= 0.3 is 0 Å². The second kappa shape index (κ2) is 15.7. The Balaban J connectivity index is 0.00000253. The van der Waals surface area contributed by atoms with Crippen LogP contribution in [0.5, 0.6) is 0 Å². The number of carbonyl (C=O) groups is 1. The lowest BCUT2D eigenvalue weighted by atomic mass is 10.1. The van der Waals surface area contributed by atoms with E-state index in [0.717, 1.165) is 35.3 Å². The normalized spacial score (nSPS) is 11.2. The van der Waals surface area contributed by atoms with E-state index < -0.39 is 6.10 Å².